The summed E-state index contributed by atoms with van der Waals surface area (Å²) < 4.78 is 12.2. The summed E-state index contributed by atoms with van der Waals surface area (Å²) in [6.07, 6.45) is 3.37. The van der Waals surface area contributed by atoms with E-state index in [0.29, 0.717) is 26.4 Å². The predicted molar refractivity (Wildman–Crippen MR) is 68.1 cm³/mol. The van der Waals surface area contributed by atoms with Crippen molar-refractivity contribution in [1.29, 1.82) is 0 Å². The standard InChI is InChI=1S/C12H18N4O3/c1-2-3-12(17)11(13)10-19-9-8-18-7-6-16-5-4-14-15-16/h4-5,11H,6-10,13H2,1H3. The molecule has 0 aliphatic carbocycles. The Bertz CT molecular complexity index is 422. The average molecular weight is 266 g/mol. The minimum Gasteiger partial charge on any atom is -0.377 e. The quantitative estimate of drug-likeness (QED) is 0.358. The van der Waals surface area contributed by atoms with Crippen molar-refractivity contribution in [3.63, 3.8) is 0 Å². The summed E-state index contributed by atoms with van der Waals surface area (Å²) in [5, 5.41) is 7.48. The van der Waals surface area contributed by atoms with Gasteiger partial charge in [-0.2, -0.15) is 0 Å². The van der Waals surface area contributed by atoms with Crippen molar-refractivity contribution in [2.24, 2.45) is 5.73 Å². The minimum absolute atomic E-state index is 0.153. The third-order valence-corrected chi connectivity index (χ3v) is 2.19. The van der Waals surface area contributed by atoms with Crippen LogP contribution in [-0.2, 0) is 20.8 Å². The fourth-order valence-electron chi connectivity index (χ4n) is 1.23. The summed E-state index contributed by atoms with van der Waals surface area (Å²) in [4.78, 5) is 11.2. The lowest BCUT2D eigenvalue weighted by atomic mass is 10.2. The van der Waals surface area contributed by atoms with Gasteiger partial charge in [0.05, 0.1) is 45.2 Å². The van der Waals surface area contributed by atoms with Gasteiger partial charge in [-0.05, 0) is 12.8 Å². The number of ether oxygens (including phenoxy) is 2. The molecular weight excluding hydrogens is 248 g/mol. The first-order valence-corrected chi connectivity index (χ1v) is 5.96. The van der Waals surface area contributed by atoms with E-state index in [9.17, 15) is 4.79 Å². The molecule has 1 aromatic rings. The topological polar surface area (TPSA) is 92.3 Å². The molecule has 0 spiro atoms. The molecule has 0 aliphatic heterocycles. The number of hydrogen-bond donors (Lipinski definition) is 1. The van der Waals surface area contributed by atoms with E-state index in [0.717, 1.165) is 0 Å². The SMILES string of the molecule is CC#CC(=O)C(N)COCCOCCn1ccnn1. The number of rotatable bonds is 9. The number of nitrogens with two attached hydrogens (primary N) is 1. The Hall–Kier alpha value is -1.75. The van der Waals surface area contributed by atoms with E-state index in [1.807, 2.05) is 0 Å². The maximum absolute atomic E-state index is 11.2. The van der Waals surface area contributed by atoms with Crippen LogP contribution < -0.4 is 5.73 Å². The van der Waals surface area contributed by atoms with Crippen molar-refractivity contribution < 1.29 is 14.3 Å². The predicted octanol–water partition coefficient (Wildman–Crippen LogP) is -0.769. The summed E-state index contributed by atoms with van der Waals surface area (Å²) in [6, 6.07) is -0.692. The van der Waals surface area contributed by atoms with Crippen molar-refractivity contribution in [2.75, 3.05) is 26.4 Å². The molecule has 0 saturated carbocycles. The Morgan fingerprint density at radius 1 is 1.42 bits per heavy atom. The number of hydrogen-bond acceptors (Lipinski definition) is 6. The molecule has 1 heterocycles. The van der Waals surface area contributed by atoms with Crippen molar-refractivity contribution in [2.45, 2.75) is 19.5 Å². The zero-order valence-corrected chi connectivity index (χ0v) is 10.9. The van der Waals surface area contributed by atoms with Crippen LogP contribution in [0.15, 0.2) is 12.4 Å². The Labute approximate surface area is 112 Å². The molecule has 1 unspecified atom stereocenters. The van der Waals surface area contributed by atoms with Crippen LogP contribution in [0.1, 0.15) is 6.92 Å². The molecule has 2 N–H and O–H groups in total. The second-order valence-electron chi connectivity index (χ2n) is 3.70. The van der Waals surface area contributed by atoms with Gasteiger partial charge in [0.15, 0.2) is 0 Å². The largest absolute Gasteiger partial charge is 0.377 e. The molecule has 1 atom stereocenters. The average Bonchev–Trinajstić information content (AvgIpc) is 2.90. The highest BCUT2D eigenvalue weighted by molar-refractivity contribution is 5.99. The smallest absolute Gasteiger partial charge is 0.224 e. The van der Waals surface area contributed by atoms with E-state index in [-0.39, 0.29) is 12.4 Å². The fraction of sp³-hybridized carbons (Fsp3) is 0.583. The third-order valence-electron chi connectivity index (χ3n) is 2.19. The van der Waals surface area contributed by atoms with Gasteiger partial charge in [0.2, 0.25) is 5.78 Å². The molecule has 7 nitrogen and oxygen atoms in total. The Kier molecular flexibility index (Phi) is 7.43. The molecule has 1 aromatic heterocycles. The molecule has 104 valence electrons. The van der Waals surface area contributed by atoms with E-state index in [4.69, 9.17) is 15.2 Å². The molecule has 0 fully saturated rings. The van der Waals surface area contributed by atoms with Crippen LogP contribution in [0.3, 0.4) is 0 Å². The number of ketones is 1. The molecule has 19 heavy (non-hydrogen) atoms. The van der Waals surface area contributed by atoms with Gasteiger partial charge in [0.25, 0.3) is 0 Å². The van der Waals surface area contributed by atoms with Gasteiger partial charge in [-0.3, -0.25) is 9.48 Å². The van der Waals surface area contributed by atoms with E-state index < -0.39 is 6.04 Å². The van der Waals surface area contributed by atoms with Crippen LogP contribution in [0.25, 0.3) is 0 Å². The summed E-state index contributed by atoms with van der Waals surface area (Å²) in [7, 11) is 0. The molecular formula is C12H18N4O3. The lowest BCUT2D eigenvalue weighted by Crippen LogP contribution is -2.34. The highest BCUT2D eigenvalue weighted by Crippen LogP contribution is 1.87. The maximum Gasteiger partial charge on any atom is 0.224 e. The molecule has 0 saturated heterocycles. The summed E-state index contributed by atoms with van der Waals surface area (Å²) in [5.74, 6) is 4.58. The number of Topliss-reactive ketones (excluding diaryl/α,β-unsaturated/α-hetero) is 1. The van der Waals surface area contributed by atoms with Gasteiger partial charge in [0, 0.05) is 6.20 Å². The molecule has 7 heteroatoms. The number of carbonyl (C=O) groups is 1. The number of nitrogens with zero attached hydrogens (tertiary/aromatic N) is 3. The Morgan fingerprint density at radius 2 is 2.21 bits per heavy atom. The van der Waals surface area contributed by atoms with Crippen LogP contribution in [0.5, 0.6) is 0 Å². The fourth-order valence-corrected chi connectivity index (χ4v) is 1.23. The second kappa shape index (κ2) is 9.22. The summed E-state index contributed by atoms with van der Waals surface area (Å²) >= 11 is 0. The van der Waals surface area contributed by atoms with E-state index in [1.165, 1.54) is 0 Å². The highest BCUT2D eigenvalue weighted by atomic mass is 16.5. The normalized spacial score (nSPS) is 11.7. The molecule has 0 aliphatic rings. The number of aromatic nitrogens is 3. The van der Waals surface area contributed by atoms with Gasteiger partial charge in [-0.15, -0.1) is 5.10 Å². The molecule has 0 bridgehead atoms. The maximum atomic E-state index is 11.2. The summed E-state index contributed by atoms with van der Waals surface area (Å²) in [6.45, 7) is 3.74. The van der Waals surface area contributed by atoms with Gasteiger partial charge in [-0.25, -0.2) is 0 Å². The van der Waals surface area contributed by atoms with Gasteiger partial charge < -0.3 is 15.2 Å². The van der Waals surface area contributed by atoms with Crippen LogP contribution in [0.4, 0.5) is 0 Å². The van der Waals surface area contributed by atoms with Crippen molar-refractivity contribution in [1.82, 2.24) is 15.0 Å². The van der Waals surface area contributed by atoms with Crippen LogP contribution in [0.2, 0.25) is 0 Å². The lowest BCUT2D eigenvalue weighted by Gasteiger charge is -2.08. The number of carbonyl (C=O) groups excluding carboxylic acids is 1. The van der Waals surface area contributed by atoms with E-state index in [1.54, 1.807) is 24.0 Å². The zero-order chi connectivity index (χ0) is 13.9. The molecule has 0 aromatic carbocycles. The third kappa shape index (κ3) is 6.67. The van der Waals surface area contributed by atoms with Crippen molar-refractivity contribution in [3.05, 3.63) is 12.4 Å². The Morgan fingerprint density at radius 3 is 2.89 bits per heavy atom. The minimum atomic E-state index is -0.692. The lowest BCUT2D eigenvalue weighted by molar-refractivity contribution is -0.116. The van der Waals surface area contributed by atoms with Crippen molar-refractivity contribution in [3.8, 4) is 11.8 Å². The first-order chi connectivity index (χ1) is 9.24. The first kappa shape index (κ1) is 15.3. The first-order valence-electron chi connectivity index (χ1n) is 5.96. The van der Waals surface area contributed by atoms with E-state index >= 15 is 0 Å². The van der Waals surface area contributed by atoms with Gasteiger partial charge in [-0.1, -0.05) is 11.1 Å². The van der Waals surface area contributed by atoms with Crippen LogP contribution in [-0.4, -0.2) is 53.2 Å². The second-order valence-corrected chi connectivity index (χ2v) is 3.70. The molecule has 0 amide bonds. The van der Waals surface area contributed by atoms with Crippen LogP contribution in [0, 0.1) is 11.8 Å². The summed E-state index contributed by atoms with van der Waals surface area (Å²) in [5.41, 5.74) is 5.57. The zero-order valence-electron chi connectivity index (χ0n) is 10.9. The van der Waals surface area contributed by atoms with E-state index in [2.05, 4.69) is 22.2 Å². The molecule has 0 radical (unpaired) electrons. The highest BCUT2D eigenvalue weighted by Gasteiger charge is 2.10. The van der Waals surface area contributed by atoms with Gasteiger partial charge >= 0.3 is 0 Å². The van der Waals surface area contributed by atoms with Crippen molar-refractivity contribution >= 4 is 5.78 Å². The van der Waals surface area contributed by atoms with Gasteiger partial charge in [0.1, 0.15) is 0 Å². The molecule has 1 rings (SSSR count). The monoisotopic (exact) mass is 266 g/mol. The van der Waals surface area contributed by atoms with Crippen LogP contribution >= 0.6 is 0 Å². The Balaban J connectivity index is 1.96.